The number of imidazole rings is 1. The van der Waals surface area contributed by atoms with Gasteiger partial charge in [0.15, 0.2) is 16.5 Å². The van der Waals surface area contributed by atoms with Crippen molar-refractivity contribution in [3.8, 4) is 0 Å². The number of sulfonamides is 1. The number of aryl methyl sites for hydroxylation is 2. The van der Waals surface area contributed by atoms with Gasteiger partial charge in [0.05, 0.1) is 6.04 Å². The van der Waals surface area contributed by atoms with Crippen molar-refractivity contribution in [2.45, 2.75) is 43.2 Å². The Morgan fingerprint density at radius 1 is 1.17 bits per heavy atom. The van der Waals surface area contributed by atoms with Crippen molar-refractivity contribution in [2.24, 2.45) is 7.05 Å². The fraction of sp³-hybridized carbons (Fsp3) is 0.556. The van der Waals surface area contributed by atoms with Gasteiger partial charge < -0.3 is 9.47 Å². The van der Waals surface area contributed by atoms with Gasteiger partial charge in [0.1, 0.15) is 11.6 Å². The molecule has 1 aliphatic heterocycles. The van der Waals surface area contributed by atoms with Crippen molar-refractivity contribution in [1.29, 1.82) is 0 Å². The second-order valence-electron chi connectivity index (χ2n) is 7.96. The van der Waals surface area contributed by atoms with Crippen LogP contribution in [-0.4, -0.2) is 68.3 Å². The van der Waals surface area contributed by atoms with Crippen LogP contribution in [0.1, 0.15) is 36.8 Å². The van der Waals surface area contributed by atoms with Crippen LogP contribution in [0.15, 0.2) is 23.4 Å². The molecule has 0 amide bonds. The van der Waals surface area contributed by atoms with Crippen molar-refractivity contribution >= 4 is 21.5 Å². The summed E-state index contributed by atoms with van der Waals surface area (Å²) in [5.41, 5.74) is 0.748. The number of hydrogen-bond donors (Lipinski definition) is 0. The van der Waals surface area contributed by atoms with E-state index in [2.05, 4.69) is 20.1 Å². The van der Waals surface area contributed by atoms with Crippen LogP contribution in [0.3, 0.4) is 0 Å². The molecule has 0 atom stereocenters. The Morgan fingerprint density at radius 3 is 2.55 bits per heavy atom. The number of anilines is 1. The molecule has 5 rings (SSSR count). The summed E-state index contributed by atoms with van der Waals surface area (Å²) in [7, 11) is -0.210. The van der Waals surface area contributed by atoms with Gasteiger partial charge in [-0.05, 0) is 31.9 Å². The van der Waals surface area contributed by atoms with E-state index in [1.54, 1.807) is 31.8 Å². The average molecular weight is 417 g/mol. The second-order valence-corrected chi connectivity index (χ2v) is 9.91. The molecular weight excluding hydrogens is 392 g/mol. The quantitative estimate of drug-likeness (QED) is 0.610. The van der Waals surface area contributed by atoms with Crippen LogP contribution in [0.2, 0.25) is 0 Å². The Bertz CT molecular complexity index is 1150. The number of nitrogens with zero attached hydrogens (tertiary/aromatic N) is 8. The molecule has 0 N–H and O–H groups in total. The lowest BCUT2D eigenvalue weighted by Crippen LogP contribution is -2.60. The van der Waals surface area contributed by atoms with E-state index in [9.17, 15) is 8.42 Å². The van der Waals surface area contributed by atoms with E-state index >= 15 is 0 Å². The zero-order chi connectivity index (χ0) is 20.3. The van der Waals surface area contributed by atoms with Crippen LogP contribution in [0.4, 0.5) is 5.82 Å². The molecule has 1 saturated heterocycles. The topological polar surface area (TPSA) is 102 Å². The summed E-state index contributed by atoms with van der Waals surface area (Å²) in [6, 6.07) is 3.72. The smallest absolute Gasteiger partial charge is 0.262 e. The van der Waals surface area contributed by atoms with Gasteiger partial charge in [-0.25, -0.2) is 13.4 Å². The molecule has 29 heavy (non-hydrogen) atoms. The fourth-order valence-corrected chi connectivity index (χ4v) is 5.11. The molecule has 0 aromatic carbocycles. The Balaban J connectivity index is 1.32. The molecule has 0 spiro atoms. The lowest BCUT2D eigenvalue weighted by Gasteiger charge is -2.43. The first-order chi connectivity index (χ1) is 13.8. The normalized spacial score (nSPS) is 18.4. The van der Waals surface area contributed by atoms with Gasteiger partial charge in [0, 0.05) is 39.3 Å². The Hall–Kier alpha value is -2.53. The van der Waals surface area contributed by atoms with Crippen LogP contribution in [0.5, 0.6) is 0 Å². The minimum Gasteiger partial charge on any atom is -0.352 e. The highest BCUT2D eigenvalue weighted by Gasteiger charge is 2.38. The monoisotopic (exact) mass is 416 g/mol. The van der Waals surface area contributed by atoms with E-state index in [4.69, 9.17) is 5.10 Å². The fourth-order valence-electron chi connectivity index (χ4n) is 3.75. The highest BCUT2D eigenvalue weighted by atomic mass is 32.2. The van der Waals surface area contributed by atoms with Crippen molar-refractivity contribution in [3.05, 3.63) is 30.0 Å². The molecule has 10 nitrogen and oxygen atoms in total. The Kier molecular flexibility index (Phi) is 4.14. The van der Waals surface area contributed by atoms with E-state index in [0.29, 0.717) is 24.8 Å². The zero-order valence-electron chi connectivity index (χ0n) is 16.7. The second kappa shape index (κ2) is 6.49. The van der Waals surface area contributed by atoms with Gasteiger partial charge in [-0.3, -0.25) is 0 Å². The summed E-state index contributed by atoms with van der Waals surface area (Å²) in [5, 5.41) is 13.3. The summed E-state index contributed by atoms with van der Waals surface area (Å²) >= 11 is 0. The average Bonchev–Trinajstić information content (AvgIpc) is 3.16. The third-order valence-corrected chi connectivity index (χ3v) is 7.96. The van der Waals surface area contributed by atoms with Crippen LogP contribution in [-0.2, 0) is 17.1 Å². The summed E-state index contributed by atoms with van der Waals surface area (Å²) in [5.74, 6) is 2.85. The van der Waals surface area contributed by atoms with Crippen LogP contribution < -0.4 is 4.90 Å². The highest BCUT2D eigenvalue weighted by molar-refractivity contribution is 7.89. The molecule has 3 aromatic rings. The van der Waals surface area contributed by atoms with E-state index in [0.717, 1.165) is 30.1 Å². The number of aromatic nitrogens is 6. The maximum absolute atomic E-state index is 12.9. The van der Waals surface area contributed by atoms with E-state index in [1.807, 2.05) is 16.6 Å². The predicted molar refractivity (Wildman–Crippen MR) is 106 cm³/mol. The first kappa shape index (κ1) is 18.5. The summed E-state index contributed by atoms with van der Waals surface area (Å²) in [4.78, 5) is 6.25. The van der Waals surface area contributed by atoms with Crippen molar-refractivity contribution in [2.75, 3.05) is 25.0 Å². The van der Waals surface area contributed by atoms with E-state index < -0.39 is 10.0 Å². The molecule has 1 saturated carbocycles. The maximum Gasteiger partial charge on any atom is 0.262 e. The molecule has 2 fully saturated rings. The molecule has 4 heterocycles. The predicted octanol–water partition coefficient (Wildman–Crippen LogP) is 0.943. The number of rotatable bonds is 5. The highest BCUT2D eigenvalue weighted by Crippen LogP contribution is 2.35. The van der Waals surface area contributed by atoms with Gasteiger partial charge in [-0.1, -0.05) is 6.42 Å². The Labute approximate surface area is 169 Å². The largest absolute Gasteiger partial charge is 0.352 e. The van der Waals surface area contributed by atoms with E-state index in [-0.39, 0.29) is 11.1 Å². The SMILES string of the molecule is Cc1nc(S(=O)(=O)N(C)C2CN(c3ccc4nnc(C5CCC5)n4n3)C2)cn1C. The van der Waals surface area contributed by atoms with Gasteiger partial charge in [-0.2, -0.15) is 8.82 Å². The van der Waals surface area contributed by atoms with Gasteiger partial charge in [0.25, 0.3) is 10.0 Å². The lowest BCUT2D eigenvalue weighted by atomic mass is 9.85. The first-order valence-corrected chi connectivity index (χ1v) is 11.2. The van der Waals surface area contributed by atoms with Crippen molar-refractivity contribution in [1.82, 2.24) is 33.7 Å². The molecule has 0 bridgehead atoms. The molecule has 2 aliphatic rings. The van der Waals surface area contributed by atoms with Crippen LogP contribution in [0, 0.1) is 6.92 Å². The maximum atomic E-state index is 12.9. The summed E-state index contributed by atoms with van der Waals surface area (Å²) < 4.78 is 30.7. The van der Waals surface area contributed by atoms with Gasteiger partial charge in [0.2, 0.25) is 0 Å². The zero-order valence-corrected chi connectivity index (χ0v) is 17.5. The molecule has 0 unspecified atom stereocenters. The third kappa shape index (κ3) is 2.91. The van der Waals surface area contributed by atoms with Gasteiger partial charge in [-0.15, -0.1) is 15.3 Å². The first-order valence-electron chi connectivity index (χ1n) is 9.80. The van der Waals surface area contributed by atoms with Crippen molar-refractivity contribution in [3.63, 3.8) is 0 Å². The van der Waals surface area contributed by atoms with Gasteiger partial charge >= 0.3 is 0 Å². The molecule has 11 heteroatoms. The number of likely N-dealkylation sites (N-methyl/N-ethyl adjacent to an activating group) is 1. The molecular formula is C18H24N8O2S. The summed E-state index contributed by atoms with van der Waals surface area (Å²) in [6.45, 7) is 2.95. The third-order valence-electron chi connectivity index (χ3n) is 6.17. The number of hydrogen-bond acceptors (Lipinski definition) is 7. The van der Waals surface area contributed by atoms with Crippen molar-refractivity contribution < 1.29 is 8.42 Å². The number of fused-ring (bicyclic) bond motifs is 1. The molecule has 154 valence electrons. The van der Waals surface area contributed by atoms with Crippen LogP contribution in [0.25, 0.3) is 5.65 Å². The Morgan fingerprint density at radius 2 is 1.93 bits per heavy atom. The molecule has 0 radical (unpaired) electrons. The minimum atomic E-state index is -3.62. The van der Waals surface area contributed by atoms with Crippen LogP contribution >= 0.6 is 0 Å². The minimum absolute atomic E-state index is 0.0904. The standard InChI is InChI=1S/C18H24N8O2S/c1-12-19-17(11-23(12)2)29(27,28)24(3)14-9-25(10-14)16-8-7-15-20-21-18(26(15)22-16)13-5-4-6-13/h7-8,11,13-14H,4-6,9-10H2,1-3H3. The van der Waals surface area contributed by atoms with E-state index in [1.165, 1.54) is 10.7 Å². The summed E-state index contributed by atoms with van der Waals surface area (Å²) in [6.07, 6.45) is 5.05. The molecule has 3 aromatic heterocycles. The lowest BCUT2D eigenvalue weighted by molar-refractivity contribution is 0.308. The molecule has 1 aliphatic carbocycles.